The van der Waals surface area contributed by atoms with Crippen LogP contribution in [0, 0.1) is 0 Å². The second-order valence-corrected chi connectivity index (χ2v) is 1.19. The van der Waals surface area contributed by atoms with Gasteiger partial charge in [-0.15, -0.1) is 0 Å². The topological polar surface area (TPSA) is 213 Å². The molecule has 0 bridgehead atoms. The van der Waals surface area contributed by atoms with Crippen molar-refractivity contribution in [2.45, 2.75) is 0 Å². The molecule has 0 aromatic rings. The Balaban J connectivity index is -0.00000000995. The van der Waals surface area contributed by atoms with Crippen molar-refractivity contribution >= 4 is 26.5 Å². The fraction of sp³-hybridized carbons (Fsp3) is 0. The van der Waals surface area contributed by atoms with Gasteiger partial charge in [-0.3, -0.25) is 0 Å². The average Bonchev–Trinajstić information content (AvgIpc) is 1.52. The van der Waals surface area contributed by atoms with Gasteiger partial charge in [-0.25, -0.2) is 0 Å². The third kappa shape index (κ3) is 6410000. The third-order valence-electron chi connectivity index (χ3n) is 0. The fourth-order valence-electron chi connectivity index (χ4n) is 0. The number of hydrogen-bond acceptors (Lipinski definition) is 6. The molecule has 0 aliphatic heterocycles. The Morgan fingerprint density at radius 3 is 0.684 bits per heavy atom. The summed E-state index contributed by atoms with van der Waals surface area (Å²) in [5.74, 6) is 0. The van der Waals surface area contributed by atoms with Crippen molar-refractivity contribution in [2.24, 2.45) is 0 Å². The second-order valence-electron chi connectivity index (χ2n) is 1.06. The Kier molecular flexibility index (Phi) is 99.8. The van der Waals surface area contributed by atoms with Crippen molar-refractivity contribution in [3.05, 3.63) is 0 Å². The van der Waals surface area contributed by atoms with Crippen LogP contribution in [0.1, 0.15) is 0 Å². The summed E-state index contributed by atoms with van der Waals surface area (Å²) in [6, 6.07) is 0. The van der Waals surface area contributed by atoms with Gasteiger partial charge in [-0.1, -0.05) is 0 Å². The molecule has 0 atom stereocenters. The van der Waals surface area contributed by atoms with E-state index in [2.05, 4.69) is 0 Å². The minimum Gasteiger partial charge on any atom is -0.498 e. The van der Waals surface area contributed by atoms with Gasteiger partial charge in [0.05, 0.1) is 0 Å². The van der Waals surface area contributed by atoms with E-state index in [1.165, 1.54) is 0 Å². The zero-order chi connectivity index (χ0) is 11.7. The summed E-state index contributed by atoms with van der Waals surface area (Å²) >= 11 is -0.750. The van der Waals surface area contributed by atoms with E-state index >= 15 is 0 Å². The third-order valence-corrected chi connectivity index (χ3v) is 0. The predicted molar refractivity (Wildman–Crippen MR) is 54.2 cm³/mol. The molecule has 0 heterocycles. The fourth-order valence-corrected chi connectivity index (χ4v) is 0. The van der Waals surface area contributed by atoms with Gasteiger partial charge in [-0.2, -0.15) is 0 Å². The summed E-state index contributed by atoms with van der Waals surface area (Å²) in [6.45, 7) is 0. The van der Waals surface area contributed by atoms with Crippen LogP contribution in [-0.4, -0.2) is 19.1 Å². The standard InChI is InChI=1S/2BF4.4H3N.O2S.H2O.Ru/c2*2-1(3,4)5;;;;;1-3-2;;/h;;4*1H3;;1H2;/q2*-1;;;;;;;+6/p+1. The minimum atomic E-state index is -6.00. The van der Waals surface area contributed by atoms with E-state index in [4.69, 9.17) is 8.76 Å². The van der Waals surface area contributed by atoms with Crippen LogP contribution in [-0.2, 0) is 41.1 Å². The molecule has 124 valence electrons. The average molecular weight is 426 g/mol. The Bertz CT molecular complexity index is 114. The summed E-state index contributed by atoms with van der Waals surface area (Å²) in [5, 5.41) is 0. The molecule has 0 saturated carbocycles. The molecule has 0 spiro atoms. The Labute approximate surface area is 120 Å². The largest absolute Gasteiger partial charge is 6.00 e. The van der Waals surface area contributed by atoms with E-state index in [0.717, 1.165) is 0 Å². The summed E-state index contributed by atoms with van der Waals surface area (Å²) in [4.78, 5) is 0. The molecule has 0 aliphatic rings. The monoisotopic (exact) mass is 427 g/mol. The predicted octanol–water partition coefficient (Wildman–Crippen LogP) is 1.87. The van der Waals surface area contributed by atoms with Gasteiger partial charge in [0.15, 0.2) is 0 Å². The molecule has 0 amide bonds. The maximum absolute atomic E-state index is 9.75. The molecule has 0 saturated heterocycles. The van der Waals surface area contributed by atoms with Crippen molar-refractivity contribution in [1.82, 2.24) is 24.6 Å². The molecule has 0 unspecified atom stereocenters. The van der Waals surface area contributed by atoms with Gasteiger partial charge in [0.25, 0.3) is 0 Å². The first-order valence-electron chi connectivity index (χ1n) is 2.08. The normalized spacial score (nSPS) is 7.00. The van der Waals surface area contributed by atoms with E-state index in [0.29, 0.717) is 0 Å². The Morgan fingerprint density at radius 2 is 0.684 bits per heavy atom. The summed E-state index contributed by atoms with van der Waals surface area (Å²) in [5.41, 5.74) is 0. The smallest absolute Gasteiger partial charge is 0.498 e. The number of hydrogen-bond donors (Lipinski definition) is 4. The zero-order valence-electron chi connectivity index (χ0n) is 9.16. The molecule has 0 aromatic carbocycles. The van der Waals surface area contributed by atoms with Gasteiger partial charge >= 0.3 is 45.9 Å². The van der Waals surface area contributed by atoms with Crippen LogP contribution in [0.4, 0.5) is 34.5 Å². The van der Waals surface area contributed by atoms with Crippen molar-refractivity contribution in [1.29, 1.82) is 0 Å². The van der Waals surface area contributed by atoms with Crippen LogP contribution in [0.2, 0.25) is 0 Å². The molecule has 0 aliphatic carbocycles. The van der Waals surface area contributed by atoms with Crippen LogP contribution < -0.4 is 24.6 Å². The van der Waals surface area contributed by atoms with E-state index in [-0.39, 0.29) is 49.6 Å². The zero-order valence-corrected chi connectivity index (χ0v) is 11.7. The molecule has 0 rings (SSSR count). The van der Waals surface area contributed by atoms with Crippen LogP contribution in [0.5, 0.6) is 0 Å². The Morgan fingerprint density at radius 1 is 0.684 bits per heavy atom. The summed E-state index contributed by atoms with van der Waals surface area (Å²) in [6.07, 6.45) is 0. The van der Waals surface area contributed by atoms with Crippen molar-refractivity contribution in [3.63, 3.8) is 0 Å². The number of rotatable bonds is 0. The van der Waals surface area contributed by atoms with Gasteiger partial charge in [0, 0.05) is 4.21 Å². The maximum atomic E-state index is 9.75. The first-order chi connectivity index (χ1) is 5.41. The molecule has 19 heteroatoms. The SMILES string of the molecule is F[B-](F)(F)F.F[B-](F)(F)F.N.N.N.N.O=[S+][O-].[OH3+].[Ru+6]. The van der Waals surface area contributed by atoms with E-state index < -0.39 is 26.5 Å². The molecule has 0 radical (unpaired) electrons. The number of halogens is 8. The van der Waals surface area contributed by atoms with E-state index in [1.54, 1.807) is 0 Å². The summed E-state index contributed by atoms with van der Waals surface area (Å²) < 4.78 is 94.6. The van der Waals surface area contributed by atoms with Gasteiger partial charge in [0.2, 0.25) is 0 Å². The molecular formula is H15B2F8N4O3RuS+5. The first-order valence-corrected chi connectivity index (χ1v) is 2.75. The molecule has 15 N–H and O–H groups in total. The van der Waals surface area contributed by atoms with Crippen LogP contribution in [0.25, 0.3) is 0 Å². The van der Waals surface area contributed by atoms with Crippen molar-refractivity contribution in [3.8, 4) is 0 Å². The molecule has 7 nitrogen and oxygen atoms in total. The minimum absolute atomic E-state index is 0. The second kappa shape index (κ2) is 30.8. The van der Waals surface area contributed by atoms with Gasteiger partial charge < -0.3 is 69.2 Å². The molecule has 0 fully saturated rings. The summed E-state index contributed by atoms with van der Waals surface area (Å²) in [7, 11) is -12.0. The van der Waals surface area contributed by atoms with Crippen molar-refractivity contribution in [2.75, 3.05) is 0 Å². The van der Waals surface area contributed by atoms with E-state index in [1.807, 2.05) is 0 Å². The van der Waals surface area contributed by atoms with E-state index in [9.17, 15) is 34.5 Å². The molecule has 19 heavy (non-hydrogen) atoms. The van der Waals surface area contributed by atoms with Crippen LogP contribution in [0.3, 0.4) is 0 Å². The van der Waals surface area contributed by atoms with Crippen LogP contribution >= 0.6 is 0 Å². The molecular weight excluding hydrogens is 411 g/mol. The Hall–Kier alpha value is -0.0268. The molecule has 0 aromatic heterocycles. The van der Waals surface area contributed by atoms with Crippen LogP contribution in [0.15, 0.2) is 0 Å². The van der Waals surface area contributed by atoms with Gasteiger partial charge in [-0.05, 0) is 0 Å². The first kappa shape index (κ1) is 61.6. The van der Waals surface area contributed by atoms with Crippen molar-refractivity contribution < 1.29 is 68.2 Å². The quantitative estimate of drug-likeness (QED) is 0.196. The van der Waals surface area contributed by atoms with Gasteiger partial charge in [0.1, 0.15) is 0 Å². The maximum Gasteiger partial charge on any atom is 6.00 e.